The van der Waals surface area contributed by atoms with Gasteiger partial charge in [-0.15, -0.1) is 22.7 Å². The molecule has 0 fully saturated rings. The summed E-state index contributed by atoms with van der Waals surface area (Å²) in [7, 11) is 0. The highest BCUT2D eigenvalue weighted by Gasteiger charge is 2.06. The highest BCUT2D eigenvalue weighted by molar-refractivity contribution is 7.10. The van der Waals surface area contributed by atoms with E-state index in [4.69, 9.17) is 0 Å². The van der Waals surface area contributed by atoms with Gasteiger partial charge in [0.25, 0.3) is 0 Å². The molecule has 0 aromatic carbocycles. The zero-order valence-corrected chi connectivity index (χ0v) is 11.3. The number of hydrogen-bond donors (Lipinski definition) is 1. The molecule has 0 amide bonds. The summed E-state index contributed by atoms with van der Waals surface area (Å²) in [5.74, 6) is 0.611. The summed E-state index contributed by atoms with van der Waals surface area (Å²) < 4.78 is 0. The molecule has 86 valence electrons. The summed E-state index contributed by atoms with van der Waals surface area (Å²) in [4.78, 5) is 2.92. The molecular formula is C13H17NS2. The van der Waals surface area contributed by atoms with Crippen molar-refractivity contribution in [3.05, 3.63) is 44.3 Å². The lowest BCUT2D eigenvalue weighted by Crippen LogP contribution is -2.18. The van der Waals surface area contributed by atoms with E-state index >= 15 is 0 Å². The van der Waals surface area contributed by atoms with Crippen LogP contribution >= 0.6 is 22.7 Å². The Balaban J connectivity index is 1.78. The molecule has 2 heterocycles. The predicted octanol–water partition coefficient (Wildman–Crippen LogP) is 4.01. The van der Waals surface area contributed by atoms with Crippen molar-refractivity contribution in [2.24, 2.45) is 0 Å². The third-order valence-electron chi connectivity index (χ3n) is 2.73. The summed E-state index contributed by atoms with van der Waals surface area (Å²) >= 11 is 3.68. The summed E-state index contributed by atoms with van der Waals surface area (Å²) in [6.07, 6.45) is 0. The second-order valence-corrected chi connectivity index (χ2v) is 6.05. The van der Waals surface area contributed by atoms with E-state index in [0.717, 1.165) is 13.1 Å². The van der Waals surface area contributed by atoms with Gasteiger partial charge in [-0.1, -0.05) is 13.0 Å². The molecule has 0 aliphatic carbocycles. The first-order valence-electron chi connectivity index (χ1n) is 5.54. The molecule has 1 atom stereocenters. The first-order chi connectivity index (χ1) is 7.77. The Morgan fingerprint density at radius 1 is 1.25 bits per heavy atom. The lowest BCUT2D eigenvalue weighted by Gasteiger charge is -2.10. The van der Waals surface area contributed by atoms with Crippen LogP contribution in [0, 0.1) is 6.92 Å². The predicted molar refractivity (Wildman–Crippen MR) is 73.5 cm³/mol. The summed E-state index contributed by atoms with van der Waals surface area (Å²) in [5, 5.41) is 7.84. The van der Waals surface area contributed by atoms with Crippen LogP contribution in [0.4, 0.5) is 0 Å². The Labute approximate surface area is 105 Å². The second kappa shape index (κ2) is 5.62. The average molecular weight is 251 g/mol. The van der Waals surface area contributed by atoms with Gasteiger partial charge in [0.2, 0.25) is 0 Å². The van der Waals surface area contributed by atoms with Gasteiger partial charge in [-0.25, -0.2) is 0 Å². The molecule has 0 aliphatic rings. The minimum atomic E-state index is 0.611. The van der Waals surface area contributed by atoms with Gasteiger partial charge in [0.1, 0.15) is 0 Å². The summed E-state index contributed by atoms with van der Waals surface area (Å²) in [5.41, 5.74) is 1.40. The van der Waals surface area contributed by atoms with Crippen LogP contribution in [-0.2, 0) is 6.54 Å². The maximum Gasteiger partial charge on any atom is 0.0302 e. The number of aryl methyl sites for hydroxylation is 1. The van der Waals surface area contributed by atoms with Crippen LogP contribution in [-0.4, -0.2) is 6.54 Å². The Morgan fingerprint density at radius 3 is 2.75 bits per heavy atom. The van der Waals surface area contributed by atoms with Crippen molar-refractivity contribution in [1.82, 2.24) is 5.32 Å². The standard InChI is InChI=1S/C13H17NS2/c1-10-5-7-16-13(10)9-14-8-11(2)12-4-3-6-15-12/h3-7,11,14H,8-9H2,1-2H3. The average Bonchev–Trinajstić information content (AvgIpc) is 2.90. The van der Waals surface area contributed by atoms with Crippen molar-refractivity contribution in [2.45, 2.75) is 26.3 Å². The maximum absolute atomic E-state index is 3.53. The monoisotopic (exact) mass is 251 g/mol. The topological polar surface area (TPSA) is 12.0 Å². The Bertz CT molecular complexity index is 417. The SMILES string of the molecule is Cc1ccsc1CNCC(C)c1cccs1. The Morgan fingerprint density at radius 2 is 2.12 bits per heavy atom. The Kier molecular flexibility index (Phi) is 4.16. The lowest BCUT2D eigenvalue weighted by molar-refractivity contribution is 0.624. The quantitative estimate of drug-likeness (QED) is 0.846. The molecular weight excluding hydrogens is 234 g/mol. The fourth-order valence-corrected chi connectivity index (χ4v) is 3.32. The largest absolute Gasteiger partial charge is 0.311 e. The second-order valence-electron chi connectivity index (χ2n) is 4.07. The van der Waals surface area contributed by atoms with Gasteiger partial charge >= 0.3 is 0 Å². The molecule has 0 spiro atoms. The van der Waals surface area contributed by atoms with Gasteiger partial charge < -0.3 is 5.32 Å². The zero-order chi connectivity index (χ0) is 11.4. The molecule has 0 radical (unpaired) electrons. The van der Waals surface area contributed by atoms with Crippen molar-refractivity contribution in [2.75, 3.05) is 6.54 Å². The smallest absolute Gasteiger partial charge is 0.0302 e. The van der Waals surface area contributed by atoms with Gasteiger partial charge in [-0.2, -0.15) is 0 Å². The fraction of sp³-hybridized carbons (Fsp3) is 0.385. The number of rotatable bonds is 5. The Hall–Kier alpha value is -0.640. The number of nitrogens with one attached hydrogen (secondary N) is 1. The van der Waals surface area contributed by atoms with Crippen molar-refractivity contribution in [3.8, 4) is 0 Å². The zero-order valence-electron chi connectivity index (χ0n) is 9.69. The van der Waals surface area contributed by atoms with E-state index < -0.39 is 0 Å². The van der Waals surface area contributed by atoms with Crippen LogP contribution in [0.1, 0.15) is 28.2 Å². The molecule has 1 unspecified atom stereocenters. The molecule has 1 N–H and O–H groups in total. The van der Waals surface area contributed by atoms with Crippen LogP contribution in [0.5, 0.6) is 0 Å². The van der Waals surface area contributed by atoms with Crippen LogP contribution in [0.25, 0.3) is 0 Å². The molecule has 2 rings (SSSR count). The fourth-order valence-electron chi connectivity index (χ4n) is 1.66. The summed E-state index contributed by atoms with van der Waals surface area (Å²) in [6.45, 7) is 6.51. The number of thiophene rings is 2. The van der Waals surface area contributed by atoms with Gasteiger partial charge in [0.05, 0.1) is 0 Å². The molecule has 2 aromatic rings. The maximum atomic E-state index is 3.53. The first-order valence-corrected chi connectivity index (χ1v) is 7.30. The van der Waals surface area contributed by atoms with Gasteiger partial charge in [0.15, 0.2) is 0 Å². The van der Waals surface area contributed by atoms with E-state index in [0.29, 0.717) is 5.92 Å². The third kappa shape index (κ3) is 2.94. The minimum Gasteiger partial charge on any atom is -0.311 e. The molecule has 0 aliphatic heterocycles. The lowest BCUT2D eigenvalue weighted by atomic mass is 10.1. The van der Waals surface area contributed by atoms with Crippen LogP contribution in [0.3, 0.4) is 0 Å². The third-order valence-corrected chi connectivity index (χ3v) is 4.86. The highest BCUT2D eigenvalue weighted by atomic mass is 32.1. The minimum absolute atomic E-state index is 0.611. The molecule has 0 saturated carbocycles. The molecule has 0 saturated heterocycles. The first kappa shape index (κ1) is 11.8. The van der Waals surface area contributed by atoms with Crippen molar-refractivity contribution in [3.63, 3.8) is 0 Å². The van der Waals surface area contributed by atoms with Crippen LogP contribution in [0.2, 0.25) is 0 Å². The van der Waals surface area contributed by atoms with E-state index in [1.165, 1.54) is 15.3 Å². The van der Waals surface area contributed by atoms with Gasteiger partial charge in [0, 0.05) is 28.8 Å². The van der Waals surface area contributed by atoms with Crippen molar-refractivity contribution < 1.29 is 0 Å². The van der Waals surface area contributed by atoms with Crippen molar-refractivity contribution in [1.29, 1.82) is 0 Å². The number of hydrogen-bond acceptors (Lipinski definition) is 3. The van der Waals surface area contributed by atoms with E-state index in [-0.39, 0.29) is 0 Å². The van der Waals surface area contributed by atoms with Crippen LogP contribution in [0.15, 0.2) is 29.0 Å². The van der Waals surface area contributed by atoms with E-state index in [1.54, 1.807) is 0 Å². The normalized spacial score (nSPS) is 12.9. The van der Waals surface area contributed by atoms with Crippen LogP contribution < -0.4 is 5.32 Å². The van der Waals surface area contributed by atoms with E-state index in [2.05, 4.69) is 48.1 Å². The molecule has 1 nitrogen and oxygen atoms in total. The molecule has 2 aromatic heterocycles. The molecule has 16 heavy (non-hydrogen) atoms. The van der Waals surface area contributed by atoms with Gasteiger partial charge in [-0.05, 0) is 35.4 Å². The van der Waals surface area contributed by atoms with E-state index in [1.807, 2.05) is 22.7 Å². The summed E-state index contributed by atoms with van der Waals surface area (Å²) in [6, 6.07) is 6.53. The van der Waals surface area contributed by atoms with E-state index in [9.17, 15) is 0 Å². The van der Waals surface area contributed by atoms with Gasteiger partial charge in [-0.3, -0.25) is 0 Å². The molecule has 0 bridgehead atoms. The highest BCUT2D eigenvalue weighted by Crippen LogP contribution is 2.20. The van der Waals surface area contributed by atoms with Crippen molar-refractivity contribution >= 4 is 22.7 Å². The molecule has 3 heteroatoms.